The molecule has 2 unspecified atom stereocenters. The Hall–Kier alpha value is -0.160. The summed E-state index contributed by atoms with van der Waals surface area (Å²) >= 11 is 0. The number of rotatable bonds is 13. The number of aliphatic hydroxyl groups excluding tert-OH is 3. The summed E-state index contributed by atoms with van der Waals surface area (Å²) in [4.78, 5) is 0. The molecule has 3 N–H and O–H groups in total. The molecule has 0 aromatic heterocycles. The molecule has 1 fully saturated rings. The quantitative estimate of drug-likeness (QED) is 0.449. The molecule has 0 aromatic carbocycles. The van der Waals surface area contributed by atoms with Crippen molar-refractivity contribution < 1.29 is 20.1 Å². The smallest absolute Gasteiger partial charge is 0.0835 e. The average molecular weight is 333 g/mol. The second-order valence-corrected chi connectivity index (χ2v) is 6.54. The Labute approximate surface area is 143 Å². The van der Waals surface area contributed by atoms with Gasteiger partial charge >= 0.3 is 0 Å². The second kappa shape index (κ2) is 18.2. The molecular weight excluding hydrogens is 292 g/mol. The Morgan fingerprint density at radius 1 is 0.783 bits per heavy atom. The fourth-order valence-corrected chi connectivity index (χ4v) is 2.80. The molecule has 2 atom stereocenters. The van der Waals surface area contributed by atoms with E-state index in [2.05, 4.69) is 6.92 Å². The van der Waals surface area contributed by atoms with E-state index in [1.807, 2.05) is 0 Å². The normalized spacial score (nSPS) is 20.3. The molecule has 4 nitrogen and oxygen atoms in total. The first-order chi connectivity index (χ1) is 11.3. The summed E-state index contributed by atoms with van der Waals surface area (Å²) < 4.78 is 5.21. The van der Waals surface area contributed by atoms with Crippen molar-refractivity contribution in [2.75, 3.05) is 19.8 Å². The first kappa shape index (κ1) is 22.8. The lowest BCUT2D eigenvalue weighted by Crippen LogP contribution is -2.20. The number of hydrogen-bond acceptors (Lipinski definition) is 4. The first-order valence-electron chi connectivity index (χ1n) is 9.77. The molecule has 1 aliphatic rings. The summed E-state index contributed by atoms with van der Waals surface area (Å²) in [5.74, 6) is 0. The van der Waals surface area contributed by atoms with E-state index in [4.69, 9.17) is 14.9 Å². The van der Waals surface area contributed by atoms with Crippen LogP contribution in [0.4, 0.5) is 0 Å². The molecule has 1 aliphatic heterocycles. The van der Waals surface area contributed by atoms with Crippen LogP contribution < -0.4 is 0 Å². The van der Waals surface area contributed by atoms with Gasteiger partial charge in [0.15, 0.2) is 0 Å². The monoisotopic (exact) mass is 332 g/mol. The van der Waals surface area contributed by atoms with Crippen LogP contribution in [0.2, 0.25) is 0 Å². The maximum absolute atomic E-state index is 9.21. The van der Waals surface area contributed by atoms with Gasteiger partial charge in [-0.15, -0.1) is 0 Å². The minimum Gasteiger partial charge on any atom is -0.396 e. The maximum Gasteiger partial charge on any atom is 0.0835 e. The molecule has 0 saturated carbocycles. The third-order valence-electron chi connectivity index (χ3n) is 4.33. The Kier molecular flexibility index (Phi) is 18.1. The van der Waals surface area contributed by atoms with Crippen LogP contribution in [0, 0.1) is 0 Å². The van der Waals surface area contributed by atoms with E-state index in [1.165, 1.54) is 57.8 Å². The van der Waals surface area contributed by atoms with Gasteiger partial charge in [0.1, 0.15) is 0 Å². The number of aliphatic hydroxyl groups is 3. The van der Waals surface area contributed by atoms with Crippen LogP contribution in [0.1, 0.15) is 90.4 Å². The van der Waals surface area contributed by atoms with Gasteiger partial charge in [-0.2, -0.15) is 0 Å². The van der Waals surface area contributed by atoms with E-state index in [-0.39, 0.29) is 18.8 Å². The highest BCUT2D eigenvalue weighted by Gasteiger charge is 2.24. The molecule has 1 rings (SSSR count). The van der Waals surface area contributed by atoms with Crippen LogP contribution in [-0.4, -0.2) is 47.3 Å². The summed E-state index contributed by atoms with van der Waals surface area (Å²) in [6.45, 7) is 3.48. The molecule has 23 heavy (non-hydrogen) atoms. The van der Waals surface area contributed by atoms with E-state index in [1.54, 1.807) is 0 Å². The molecule has 0 amide bonds. The number of ether oxygens (including phenoxy) is 1. The van der Waals surface area contributed by atoms with Gasteiger partial charge in [-0.05, 0) is 25.7 Å². The molecular formula is C19H40O4. The van der Waals surface area contributed by atoms with Crippen LogP contribution in [0.25, 0.3) is 0 Å². The van der Waals surface area contributed by atoms with E-state index >= 15 is 0 Å². The third-order valence-corrected chi connectivity index (χ3v) is 4.33. The molecule has 140 valence electrons. The second-order valence-electron chi connectivity index (χ2n) is 6.54. The zero-order valence-electron chi connectivity index (χ0n) is 15.2. The highest BCUT2D eigenvalue weighted by atomic mass is 16.5. The van der Waals surface area contributed by atoms with Gasteiger partial charge in [-0.1, -0.05) is 64.7 Å². The molecule has 0 radical (unpaired) electrons. The molecule has 0 bridgehead atoms. The highest BCUT2D eigenvalue weighted by Crippen LogP contribution is 2.17. The van der Waals surface area contributed by atoms with Crippen LogP contribution in [-0.2, 0) is 4.74 Å². The van der Waals surface area contributed by atoms with Gasteiger partial charge in [0, 0.05) is 19.8 Å². The van der Waals surface area contributed by atoms with E-state index in [0.29, 0.717) is 13.2 Å². The summed E-state index contributed by atoms with van der Waals surface area (Å²) in [5.41, 5.74) is 0. The van der Waals surface area contributed by atoms with Crippen molar-refractivity contribution >= 4 is 0 Å². The fourth-order valence-electron chi connectivity index (χ4n) is 2.80. The summed E-state index contributed by atoms with van der Waals surface area (Å²) in [6.07, 6.45) is 15.2. The van der Waals surface area contributed by atoms with Crippen LogP contribution in [0.3, 0.4) is 0 Å². The van der Waals surface area contributed by atoms with Crippen LogP contribution >= 0.6 is 0 Å². The van der Waals surface area contributed by atoms with Crippen molar-refractivity contribution in [2.24, 2.45) is 0 Å². The van der Waals surface area contributed by atoms with Crippen LogP contribution in [0.15, 0.2) is 0 Å². The zero-order valence-corrected chi connectivity index (χ0v) is 15.2. The molecule has 0 aromatic rings. The lowest BCUT2D eigenvalue weighted by atomic mass is 10.1. The Balaban J connectivity index is 0.000000433. The molecule has 1 saturated heterocycles. The van der Waals surface area contributed by atoms with Crippen molar-refractivity contribution in [3.05, 3.63) is 0 Å². The van der Waals surface area contributed by atoms with Crippen molar-refractivity contribution in [2.45, 2.75) is 103 Å². The summed E-state index contributed by atoms with van der Waals surface area (Å²) in [7, 11) is 0. The van der Waals surface area contributed by atoms with Gasteiger partial charge in [0.05, 0.1) is 12.2 Å². The predicted molar refractivity (Wildman–Crippen MR) is 95.6 cm³/mol. The Morgan fingerprint density at radius 2 is 1.30 bits per heavy atom. The number of unbranched alkanes of at least 4 members (excludes halogenated alkanes) is 9. The van der Waals surface area contributed by atoms with Gasteiger partial charge in [-0.25, -0.2) is 0 Å². The zero-order chi connectivity index (χ0) is 17.2. The standard InChI is InChI=1S/C12H26O.C7H14O3/c1-2-3-4-5-6-7-8-9-10-11-12-13;8-4-1-2-7-6(9)3-5-10-7/h13H,2-12H2,1H3;6-9H,1-5H2. The lowest BCUT2D eigenvalue weighted by molar-refractivity contribution is 0.0326. The van der Waals surface area contributed by atoms with E-state index in [0.717, 1.165) is 25.7 Å². The molecule has 0 aliphatic carbocycles. The minimum atomic E-state index is -0.299. The molecule has 0 spiro atoms. The van der Waals surface area contributed by atoms with E-state index in [9.17, 15) is 5.11 Å². The van der Waals surface area contributed by atoms with Crippen molar-refractivity contribution in [3.8, 4) is 0 Å². The summed E-state index contributed by atoms with van der Waals surface area (Å²) in [6, 6.07) is 0. The van der Waals surface area contributed by atoms with Gasteiger partial charge in [-0.3, -0.25) is 0 Å². The topological polar surface area (TPSA) is 69.9 Å². The van der Waals surface area contributed by atoms with Crippen LogP contribution in [0.5, 0.6) is 0 Å². The average Bonchev–Trinajstić information content (AvgIpc) is 2.97. The minimum absolute atomic E-state index is 0.0212. The molecule has 1 heterocycles. The Morgan fingerprint density at radius 3 is 1.74 bits per heavy atom. The Bertz CT molecular complexity index is 213. The van der Waals surface area contributed by atoms with Gasteiger partial charge < -0.3 is 20.1 Å². The SMILES string of the molecule is CCCCCCCCCCCCO.OCCCC1OCCC1O. The predicted octanol–water partition coefficient (Wildman–Crippen LogP) is 3.81. The van der Waals surface area contributed by atoms with Crippen molar-refractivity contribution in [3.63, 3.8) is 0 Å². The summed E-state index contributed by atoms with van der Waals surface area (Å²) in [5, 5.41) is 26.3. The maximum atomic E-state index is 9.21. The lowest BCUT2D eigenvalue weighted by Gasteiger charge is -2.11. The van der Waals surface area contributed by atoms with Gasteiger partial charge in [0.2, 0.25) is 0 Å². The van der Waals surface area contributed by atoms with E-state index < -0.39 is 0 Å². The van der Waals surface area contributed by atoms with Gasteiger partial charge in [0.25, 0.3) is 0 Å². The number of hydrogen-bond donors (Lipinski definition) is 3. The third kappa shape index (κ3) is 15.1. The van der Waals surface area contributed by atoms with Crippen molar-refractivity contribution in [1.29, 1.82) is 0 Å². The van der Waals surface area contributed by atoms with Crippen molar-refractivity contribution in [1.82, 2.24) is 0 Å². The largest absolute Gasteiger partial charge is 0.396 e. The highest BCUT2D eigenvalue weighted by molar-refractivity contribution is 4.74. The molecule has 4 heteroatoms. The fraction of sp³-hybridized carbons (Fsp3) is 1.00. The first-order valence-corrected chi connectivity index (χ1v) is 9.77.